The van der Waals surface area contributed by atoms with Crippen molar-refractivity contribution in [3.8, 4) is 11.5 Å². The van der Waals surface area contributed by atoms with Gasteiger partial charge in [0.2, 0.25) is 0 Å². The van der Waals surface area contributed by atoms with E-state index in [0.29, 0.717) is 36.1 Å². The van der Waals surface area contributed by atoms with E-state index in [1.54, 1.807) is 24.3 Å². The second kappa shape index (κ2) is 18.0. The Kier molecular flexibility index (Phi) is 18.4. The molecule has 0 spiro atoms. The van der Waals surface area contributed by atoms with Gasteiger partial charge in [-0.15, -0.1) is 0 Å². The van der Waals surface area contributed by atoms with Crippen molar-refractivity contribution in [2.75, 3.05) is 13.2 Å². The highest BCUT2D eigenvalue weighted by Gasteiger charge is 2.02. The zero-order valence-electron chi connectivity index (χ0n) is 17.7. The summed E-state index contributed by atoms with van der Waals surface area (Å²) >= 11 is 11.6. The van der Waals surface area contributed by atoms with Crippen LogP contribution >= 0.6 is 23.2 Å². The summed E-state index contributed by atoms with van der Waals surface area (Å²) in [5, 5.41) is 18.2. The molecule has 0 aliphatic carbocycles. The molecule has 2 N–H and O–H groups in total. The van der Waals surface area contributed by atoms with Crippen LogP contribution in [0.1, 0.15) is 36.8 Å². The molecule has 10 heteroatoms. The molecule has 2 aromatic carbocycles. The molecule has 32 heavy (non-hydrogen) atoms. The van der Waals surface area contributed by atoms with Crippen LogP contribution in [0.25, 0.3) is 0 Å². The van der Waals surface area contributed by atoms with Gasteiger partial charge in [-0.1, -0.05) is 23.2 Å². The monoisotopic (exact) mass is 614 g/mol. The molecule has 0 unspecified atom stereocenters. The minimum absolute atomic E-state index is 0. The van der Waals surface area contributed by atoms with Crippen LogP contribution in [-0.4, -0.2) is 35.4 Å². The second-order valence-corrected chi connectivity index (χ2v) is 7.38. The number of ether oxygens (including phenoxy) is 2. The number of hydrogen-bond donors (Lipinski definition) is 2. The molecule has 0 aliphatic rings. The second-order valence-electron chi connectivity index (χ2n) is 6.51. The fourth-order valence-electron chi connectivity index (χ4n) is 2.36. The highest BCUT2D eigenvalue weighted by atomic mass is 79.9. The lowest BCUT2D eigenvalue weighted by Crippen LogP contribution is -3.00. The summed E-state index contributed by atoms with van der Waals surface area (Å²) in [5.74, 6) is -0.0903. The summed E-state index contributed by atoms with van der Waals surface area (Å²) in [7, 11) is 0. The lowest BCUT2D eigenvalue weighted by atomic mass is 10.2. The van der Waals surface area contributed by atoms with Gasteiger partial charge in [-0.05, 0) is 74.2 Å². The van der Waals surface area contributed by atoms with Gasteiger partial charge in [-0.3, -0.25) is 9.59 Å². The fraction of sp³-hybridized carbons (Fsp3) is 0.364. The Morgan fingerprint density at radius 1 is 0.750 bits per heavy atom. The fourth-order valence-corrected chi connectivity index (χ4v) is 2.81. The predicted octanol–water partition coefficient (Wildman–Crippen LogP) is -0.208. The molecule has 2 aromatic rings. The van der Waals surface area contributed by atoms with Crippen LogP contribution in [0.4, 0.5) is 0 Å². The molecule has 0 radical (unpaired) electrons. The molecule has 0 saturated heterocycles. The molecule has 0 atom stereocenters. The molecule has 2 rings (SSSR count). The number of halogens is 4. The maximum Gasteiger partial charge on any atom is 0.303 e. The smallest absolute Gasteiger partial charge is 0.303 e. The van der Waals surface area contributed by atoms with Crippen LogP contribution in [0.5, 0.6) is 11.5 Å². The first-order valence-electron chi connectivity index (χ1n) is 9.40. The number of benzene rings is 2. The van der Waals surface area contributed by atoms with Gasteiger partial charge < -0.3 is 53.6 Å². The van der Waals surface area contributed by atoms with Crippen molar-refractivity contribution < 1.29 is 63.2 Å². The molecule has 0 heterocycles. The summed E-state index contributed by atoms with van der Waals surface area (Å²) in [5.41, 5.74) is 1.91. The van der Waals surface area contributed by atoms with Crippen LogP contribution in [0.3, 0.4) is 0 Å². The summed E-state index contributed by atoms with van der Waals surface area (Å²) in [4.78, 5) is 20.5. The van der Waals surface area contributed by atoms with Crippen molar-refractivity contribution in [1.29, 1.82) is 0 Å². The molecule has 0 saturated carbocycles. The molecule has 6 nitrogen and oxygen atoms in total. The van der Waals surface area contributed by atoms with Crippen molar-refractivity contribution in [3.63, 3.8) is 0 Å². The van der Waals surface area contributed by atoms with E-state index in [1.165, 1.54) is 0 Å². The molecule has 0 aromatic heterocycles. The quantitative estimate of drug-likeness (QED) is 0.359. The number of carboxylic acid groups (broad SMARTS) is 2. The van der Waals surface area contributed by atoms with Gasteiger partial charge in [0.05, 0.1) is 13.2 Å². The first-order chi connectivity index (χ1) is 14.2. The third kappa shape index (κ3) is 14.6. The third-order valence-electron chi connectivity index (χ3n) is 3.86. The van der Waals surface area contributed by atoms with Gasteiger partial charge >= 0.3 is 11.9 Å². The highest BCUT2D eigenvalue weighted by Crippen LogP contribution is 2.22. The first kappa shape index (κ1) is 32.7. The Balaban J connectivity index is 0. The minimum atomic E-state index is -0.800. The van der Waals surface area contributed by atoms with E-state index in [9.17, 15) is 9.59 Å². The summed E-state index contributed by atoms with van der Waals surface area (Å²) in [6.45, 7) is 4.63. The Bertz CT molecular complexity index is 780. The SMILES string of the molecule is Cc1cc(Cl)ccc1OCCCC(=O)O.Cc1cc(Cl)ccc1OCCCC(=O)O.[Br-].[Br-]. The Morgan fingerprint density at radius 2 is 1.09 bits per heavy atom. The van der Waals surface area contributed by atoms with Crippen LogP contribution < -0.4 is 43.4 Å². The van der Waals surface area contributed by atoms with Gasteiger partial charge in [0.1, 0.15) is 11.5 Å². The standard InChI is InChI=1S/2C11H13ClO3.2BrH/c2*1-8-7-9(12)4-5-10(8)15-6-2-3-11(13)14;;/h2*4-5,7H,2-3,6H2,1H3,(H,13,14);2*1H/p-2. The number of carbonyl (C=O) groups is 2. The van der Waals surface area contributed by atoms with E-state index in [4.69, 9.17) is 42.9 Å². The topological polar surface area (TPSA) is 93.1 Å². The maximum absolute atomic E-state index is 10.2. The molecular weight excluding hydrogens is 591 g/mol. The van der Waals surface area contributed by atoms with Crippen molar-refractivity contribution in [3.05, 3.63) is 57.6 Å². The van der Waals surface area contributed by atoms with Gasteiger partial charge in [0, 0.05) is 22.9 Å². The predicted molar refractivity (Wildman–Crippen MR) is 117 cm³/mol. The van der Waals surface area contributed by atoms with Gasteiger partial charge in [-0.2, -0.15) is 0 Å². The lowest BCUT2D eigenvalue weighted by molar-refractivity contribution is -0.138. The van der Waals surface area contributed by atoms with E-state index in [1.807, 2.05) is 26.0 Å². The van der Waals surface area contributed by atoms with Crippen molar-refractivity contribution in [2.45, 2.75) is 39.5 Å². The molecule has 0 bridgehead atoms. The van der Waals surface area contributed by atoms with Crippen LogP contribution in [0.2, 0.25) is 10.0 Å². The van der Waals surface area contributed by atoms with Crippen molar-refractivity contribution in [1.82, 2.24) is 0 Å². The Morgan fingerprint density at radius 3 is 1.38 bits per heavy atom. The highest BCUT2D eigenvalue weighted by molar-refractivity contribution is 6.31. The largest absolute Gasteiger partial charge is 1.00 e. The van der Waals surface area contributed by atoms with Crippen LogP contribution in [-0.2, 0) is 9.59 Å². The number of aliphatic carboxylic acids is 2. The lowest BCUT2D eigenvalue weighted by Gasteiger charge is -2.08. The van der Waals surface area contributed by atoms with Crippen molar-refractivity contribution in [2.24, 2.45) is 0 Å². The number of rotatable bonds is 10. The third-order valence-corrected chi connectivity index (χ3v) is 4.33. The number of carboxylic acids is 2. The zero-order chi connectivity index (χ0) is 22.5. The maximum atomic E-state index is 10.2. The van der Waals surface area contributed by atoms with E-state index in [2.05, 4.69) is 0 Å². The van der Waals surface area contributed by atoms with E-state index in [-0.39, 0.29) is 46.8 Å². The van der Waals surface area contributed by atoms with E-state index < -0.39 is 11.9 Å². The van der Waals surface area contributed by atoms with Crippen molar-refractivity contribution >= 4 is 35.1 Å². The van der Waals surface area contributed by atoms with E-state index in [0.717, 1.165) is 22.6 Å². The summed E-state index contributed by atoms with van der Waals surface area (Å²) in [6.07, 6.45) is 1.29. The molecule has 0 aliphatic heterocycles. The first-order valence-corrected chi connectivity index (χ1v) is 10.2. The molecule has 0 fully saturated rings. The van der Waals surface area contributed by atoms with Gasteiger partial charge in [-0.25, -0.2) is 0 Å². The zero-order valence-corrected chi connectivity index (χ0v) is 22.4. The number of aryl methyl sites for hydroxylation is 2. The molecular formula is C22H26Br2Cl2O6-2. The average Bonchev–Trinajstić information content (AvgIpc) is 2.65. The Labute approximate surface area is 219 Å². The van der Waals surface area contributed by atoms with Gasteiger partial charge in [0.15, 0.2) is 0 Å². The van der Waals surface area contributed by atoms with Crippen LogP contribution in [0, 0.1) is 13.8 Å². The minimum Gasteiger partial charge on any atom is -1.00 e. The summed E-state index contributed by atoms with van der Waals surface area (Å²) in [6, 6.07) is 10.7. The Hall–Kier alpha value is -1.48. The van der Waals surface area contributed by atoms with Gasteiger partial charge in [0.25, 0.3) is 0 Å². The number of hydrogen-bond acceptors (Lipinski definition) is 4. The normalized spacial score (nSPS) is 9.38. The van der Waals surface area contributed by atoms with E-state index >= 15 is 0 Å². The molecule has 180 valence electrons. The average molecular weight is 617 g/mol. The van der Waals surface area contributed by atoms with Crippen LogP contribution in [0.15, 0.2) is 36.4 Å². The molecule has 0 amide bonds. The summed E-state index contributed by atoms with van der Waals surface area (Å²) < 4.78 is 10.8.